The first-order valence-corrected chi connectivity index (χ1v) is 5.88. The Morgan fingerprint density at radius 1 is 1.14 bits per heavy atom. The summed E-state index contributed by atoms with van der Waals surface area (Å²) in [4.78, 5) is 19.1. The number of hydrogen-bond acceptors (Lipinski definition) is 4. The van der Waals surface area contributed by atoms with Gasteiger partial charge in [-0.05, 0) is 24.3 Å². The summed E-state index contributed by atoms with van der Waals surface area (Å²) in [6, 6.07) is 5.13. The molecule has 2 N–H and O–H groups in total. The van der Waals surface area contributed by atoms with Crippen molar-refractivity contribution in [2.45, 2.75) is 6.18 Å². The van der Waals surface area contributed by atoms with Crippen LogP contribution in [0.2, 0.25) is 0 Å². The van der Waals surface area contributed by atoms with E-state index in [1.54, 1.807) is 13.1 Å². The van der Waals surface area contributed by atoms with Crippen LogP contribution in [0.1, 0.15) is 16.2 Å². The molecule has 2 rings (SSSR count). The van der Waals surface area contributed by atoms with Gasteiger partial charge >= 0.3 is 6.18 Å². The molecular formula is C13H11F3N4O. The summed E-state index contributed by atoms with van der Waals surface area (Å²) in [6.07, 6.45) is -2.11. The van der Waals surface area contributed by atoms with Gasteiger partial charge in [-0.3, -0.25) is 9.78 Å². The van der Waals surface area contributed by atoms with Crippen molar-refractivity contribution in [2.24, 2.45) is 0 Å². The Morgan fingerprint density at radius 2 is 1.90 bits per heavy atom. The molecule has 110 valence electrons. The number of carbonyl (C=O) groups is 1. The number of pyridine rings is 2. The molecule has 0 aliphatic heterocycles. The molecule has 5 nitrogen and oxygen atoms in total. The molecule has 0 atom stereocenters. The van der Waals surface area contributed by atoms with Gasteiger partial charge < -0.3 is 10.6 Å². The quantitative estimate of drug-likeness (QED) is 0.914. The number of amides is 1. The number of carbonyl (C=O) groups excluding carboxylic acids is 1. The fraction of sp³-hybridized carbons (Fsp3) is 0.154. The van der Waals surface area contributed by atoms with E-state index in [2.05, 4.69) is 20.6 Å². The molecule has 21 heavy (non-hydrogen) atoms. The highest BCUT2D eigenvalue weighted by Crippen LogP contribution is 2.27. The second-order valence-electron chi connectivity index (χ2n) is 4.06. The van der Waals surface area contributed by atoms with Crippen molar-refractivity contribution < 1.29 is 18.0 Å². The zero-order valence-corrected chi connectivity index (χ0v) is 10.9. The SMILES string of the molecule is CNc1ccnc(C(=O)Nc2ccc(C(F)(F)F)nc2)c1. The van der Waals surface area contributed by atoms with Crippen LogP contribution in [0.5, 0.6) is 0 Å². The minimum Gasteiger partial charge on any atom is -0.388 e. The van der Waals surface area contributed by atoms with Crippen LogP contribution in [0.25, 0.3) is 0 Å². The molecule has 0 radical (unpaired) electrons. The highest BCUT2D eigenvalue weighted by Gasteiger charge is 2.32. The van der Waals surface area contributed by atoms with Crippen LogP contribution in [-0.2, 0) is 6.18 Å². The summed E-state index contributed by atoms with van der Waals surface area (Å²) >= 11 is 0. The standard InChI is InChI=1S/C13H11F3N4O/c1-17-8-4-5-18-10(6-8)12(21)20-9-2-3-11(19-7-9)13(14,15)16/h2-7H,1H3,(H,17,18)(H,20,21). The van der Waals surface area contributed by atoms with Gasteiger partial charge in [0.1, 0.15) is 11.4 Å². The van der Waals surface area contributed by atoms with Gasteiger partial charge in [0.25, 0.3) is 5.91 Å². The number of hydrogen-bond donors (Lipinski definition) is 2. The third-order valence-electron chi connectivity index (χ3n) is 2.59. The summed E-state index contributed by atoms with van der Waals surface area (Å²) in [5, 5.41) is 5.28. The molecule has 8 heteroatoms. The van der Waals surface area contributed by atoms with E-state index in [0.717, 1.165) is 18.3 Å². The van der Waals surface area contributed by atoms with Crippen molar-refractivity contribution in [3.05, 3.63) is 48.0 Å². The number of nitrogens with zero attached hydrogens (tertiary/aromatic N) is 2. The second-order valence-corrected chi connectivity index (χ2v) is 4.06. The fourth-order valence-corrected chi connectivity index (χ4v) is 1.54. The van der Waals surface area contributed by atoms with Crippen LogP contribution in [0, 0.1) is 0 Å². The molecule has 2 aromatic rings. The predicted molar refractivity (Wildman–Crippen MR) is 71.0 cm³/mol. The van der Waals surface area contributed by atoms with E-state index >= 15 is 0 Å². The molecule has 1 amide bonds. The number of alkyl halides is 3. The Labute approximate surface area is 118 Å². The monoisotopic (exact) mass is 296 g/mol. The minimum absolute atomic E-state index is 0.141. The molecule has 0 saturated carbocycles. The van der Waals surface area contributed by atoms with Gasteiger partial charge in [-0.25, -0.2) is 4.98 Å². The average Bonchev–Trinajstić information content (AvgIpc) is 2.47. The van der Waals surface area contributed by atoms with Gasteiger partial charge in [0.15, 0.2) is 0 Å². The van der Waals surface area contributed by atoms with E-state index in [9.17, 15) is 18.0 Å². The number of rotatable bonds is 3. The van der Waals surface area contributed by atoms with Crippen molar-refractivity contribution in [3.8, 4) is 0 Å². The fourth-order valence-electron chi connectivity index (χ4n) is 1.54. The maximum absolute atomic E-state index is 12.4. The lowest BCUT2D eigenvalue weighted by atomic mass is 10.3. The Kier molecular flexibility index (Phi) is 4.06. The summed E-state index contributed by atoms with van der Waals surface area (Å²) in [5.41, 5.74) is -0.0251. The first-order valence-electron chi connectivity index (χ1n) is 5.88. The minimum atomic E-state index is -4.51. The third-order valence-corrected chi connectivity index (χ3v) is 2.59. The maximum Gasteiger partial charge on any atom is 0.433 e. The predicted octanol–water partition coefficient (Wildman–Crippen LogP) is 2.79. The van der Waals surface area contributed by atoms with Crippen molar-refractivity contribution in [2.75, 3.05) is 17.7 Å². The highest BCUT2D eigenvalue weighted by atomic mass is 19.4. The third kappa shape index (κ3) is 3.68. The van der Waals surface area contributed by atoms with Crippen LogP contribution >= 0.6 is 0 Å². The molecule has 0 unspecified atom stereocenters. The molecule has 0 aromatic carbocycles. The summed E-state index contributed by atoms with van der Waals surface area (Å²) in [6.45, 7) is 0. The maximum atomic E-state index is 12.4. The highest BCUT2D eigenvalue weighted by molar-refractivity contribution is 6.03. The largest absolute Gasteiger partial charge is 0.433 e. The molecule has 0 bridgehead atoms. The van der Waals surface area contributed by atoms with Gasteiger partial charge in [-0.2, -0.15) is 13.2 Å². The summed E-state index contributed by atoms with van der Waals surface area (Å²) in [5.74, 6) is -0.534. The summed E-state index contributed by atoms with van der Waals surface area (Å²) in [7, 11) is 1.69. The molecular weight excluding hydrogens is 285 g/mol. The van der Waals surface area contributed by atoms with Crippen molar-refractivity contribution in [3.63, 3.8) is 0 Å². The Balaban J connectivity index is 2.12. The lowest BCUT2D eigenvalue weighted by Gasteiger charge is -2.08. The van der Waals surface area contributed by atoms with E-state index in [1.807, 2.05) is 0 Å². The lowest BCUT2D eigenvalue weighted by molar-refractivity contribution is -0.141. The molecule has 2 aromatic heterocycles. The zero-order chi connectivity index (χ0) is 15.5. The molecule has 0 aliphatic carbocycles. The average molecular weight is 296 g/mol. The van der Waals surface area contributed by atoms with Crippen molar-refractivity contribution in [1.82, 2.24) is 9.97 Å². The van der Waals surface area contributed by atoms with Crippen LogP contribution in [0.4, 0.5) is 24.5 Å². The summed E-state index contributed by atoms with van der Waals surface area (Å²) < 4.78 is 37.1. The Hall–Kier alpha value is -2.64. The van der Waals surface area contributed by atoms with Crippen LogP contribution in [0.15, 0.2) is 36.7 Å². The van der Waals surface area contributed by atoms with Gasteiger partial charge in [0.2, 0.25) is 0 Å². The van der Waals surface area contributed by atoms with Gasteiger partial charge in [0, 0.05) is 18.9 Å². The van der Waals surface area contributed by atoms with Gasteiger partial charge in [-0.15, -0.1) is 0 Å². The molecule has 0 spiro atoms. The normalized spacial score (nSPS) is 11.0. The number of anilines is 2. The van der Waals surface area contributed by atoms with E-state index in [0.29, 0.717) is 5.69 Å². The van der Waals surface area contributed by atoms with E-state index < -0.39 is 17.8 Å². The molecule has 0 aliphatic rings. The van der Waals surface area contributed by atoms with Gasteiger partial charge in [0.05, 0.1) is 11.9 Å². The first kappa shape index (κ1) is 14.8. The Morgan fingerprint density at radius 3 is 2.48 bits per heavy atom. The number of nitrogens with one attached hydrogen (secondary N) is 2. The van der Waals surface area contributed by atoms with Crippen molar-refractivity contribution in [1.29, 1.82) is 0 Å². The smallest absolute Gasteiger partial charge is 0.388 e. The van der Waals surface area contributed by atoms with Crippen LogP contribution < -0.4 is 10.6 Å². The zero-order valence-electron chi connectivity index (χ0n) is 10.9. The molecule has 2 heterocycles. The van der Waals surface area contributed by atoms with Crippen molar-refractivity contribution >= 4 is 17.3 Å². The molecule has 0 fully saturated rings. The van der Waals surface area contributed by atoms with E-state index in [-0.39, 0.29) is 11.4 Å². The topological polar surface area (TPSA) is 66.9 Å². The second kappa shape index (κ2) is 5.78. The lowest BCUT2D eigenvalue weighted by Crippen LogP contribution is -2.15. The van der Waals surface area contributed by atoms with Crippen LogP contribution in [-0.4, -0.2) is 22.9 Å². The Bertz CT molecular complexity index is 641. The number of halogens is 3. The molecule has 0 saturated heterocycles. The van der Waals surface area contributed by atoms with E-state index in [4.69, 9.17) is 0 Å². The van der Waals surface area contributed by atoms with Gasteiger partial charge in [-0.1, -0.05) is 0 Å². The number of aromatic nitrogens is 2. The first-order chi connectivity index (χ1) is 9.90. The van der Waals surface area contributed by atoms with E-state index in [1.165, 1.54) is 12.3 Å². The van der Waals surface area contributed by atoms with Crippen LogP contribution in [0.3, 0.4) is 0 Å².